The Bertz CT molecular complexity index is 713. The molecular weight excluding hydrogens is 248 g/mol. The Balaban J connectivity index is 1.88. The normalized spacial score (nSPS) is 12.6. The van der Waals surface area contributed by atoms with Gasteiger partial charge in [0.1, 0.15) is 11.6 Å². The van der Waals surface area contributed by atoms with Gasteiger partial charge in [-0.05, 0) is 50.1 Å². The predicted octanol–water partition coefficient (Wildman–Crippen LogP) is 4.32. The van der Waals surface area contributed by atoms with Crippen LogP contribution in [0.25, 0.3) is 11.0 Å². The molecule has 3 rings (SSSR count). The molecule has 3 nitrogen and oxygen atoms in total. The zero-order valence-electron chi connectivity index (χ0n) is 12.0. The molecule has 0 aliphatic carbocycles. The molecule has 0 fully saturated rings. The van der Waals surface area contributed by atoms with Crippen LogP contribution >= 0.6 is 0 Å². The number of benzene rings is 2. The molecule has 0 radical (unpaired) electrons. The van der Waals surface area contributed by atoms with E-state index < -0.39 is 0 Å². The van der Waals surface area contributed by atoms with Gasteiger partial charge in [0.2, 0.25) is 0 Å². The molecule has 2 aromatic carbocycles. The first-order chi connectivity index (χ1) is 9.63. The Morgan fingerprint density at radius 2 is 1.90 bits per heavy atom. The van der Waals surface area contributed by atoms with Crippen molar-refractivity contribution < 1.29 is 4.74 Å². The Hall–Kier alpha value is -2.29. The van der Waals surface area contributed by atoms with Gasteiger partial charge in [-0.15, -0.1) is 0 Å². The van der Waals surface area contributed by atoms with Crippen LogP contribution in [0.5, 0.6) is 5.75 Å². The van der Waals surface area contributed by atoms with Crippen molar-refractivity contribution >= 4 is 11.0 Å². The summed E-state index contributed by atoms with van der Waals surface area (Å²) in [6, 6.07) is 14.2. The van der Waals surface area contributed by atoms with E-state index in [1.54, 1.807) is 0 Å². The number of aromatic nitrogens is 2. The summed E-state index contributed by atoms with van der Waals surface area (Å²) in [6.07, 6.45) is -0.108. The number of ether oxygens (including phenoxy) is 1. The number of hydrogen-bond acceptors (Lipinski definition) is 2. The van der Waals surface area contributed by atoms with E-state index in [1.807, 2.05) is 31.2 Å². The molecule has 1 atom stereocenters. The fourth-order valence-corrected chi connectivity index (χ4v) is 2.25. The number of nitrogens with one attached hydrogen (secondary N) is 1. The predicted molar refractivity (Wildman–Crippen MR) is 81.1 cm³/mol. The summed E-state index contributed by atoms with van der Waals surface area (Å²) in [7, 11) is 0. The molecule has 3 heteroatoms. The van der Waals surface area contributed by atoms with Crippen molar-refractivity contribution in [1.82, 2.24) is 9.97 Å². The molecule has 0 bridgehead atoms. The fourth-order valence-electron chi connectivity index (χ4n) is 2.25. The number of rotatable bonds is 3. The van der Waals surface area contributed by atoms with E-state index in [4.69, 9.17) is 4.74 Å². The van der Waals surface area contributed by atoms with Crippen LogP contribution in [0.3, 0.4) is 0 Å². The van der Waals surface area contributed by atoms with Crippen LogP contribution in [-0.4, -0.2) is 9.97 Å². The van der Waals surface area contributed by atoms with E-state index >= 15 is 0 Å². The third-order valence-corrected chi connectivity index (χ3v) is 3.44. The van der Waals surface area contributed by atoms with E-state index in [0.717, 1.165) is 28.2 Å². The Morgan fingerprint density at radius 1 is 1.10 bits per heavy atom. The van der Waals surface area contributed by atoms with Gasteiger partial charge in [0.05, 0.1) is 11.0 Å². The molecule has 0 aliphatic heterocycles. The zero-order chi connectivity index (χ0) is 14.1. The molecule has 1 heterocycles. The smallest absolute Gasteiger partial charge is 0.153 e. The fraction of sp³-hybridized carbons (Fsp3) is 0.235. The maximum absolute atomic E-state index is 6.05. The summed E-state index contributed by atoms with van der Waals surface area (Å²) in [4.78, 5) is 7.89. The molecule has 0 aliphatic rings. The number of aromatic amines is 1. The molecule has 0 saturated heterocycles. The van der Waals surface area contributed by atoms with Gasteiger partial charge >= 0.3 is 0 Å². The van der Waals surface area contributed by atoms with E-state index in [1.165, 1.54) is 5.56 Å². The van der Waals surface area contributed by atoms with Gasteiger partial charge in [0.15, 0.2) is 6.10 Å². The maximum Gasteiger partial charge on any atom is 0.153 e. The third-order valence-electron chi connectivity index (χ3n) is 3.44. The highest BCUT2D eigenvalue weighted by Crippen LogP contribution is 2.25. The van der Waals surface area contributed by atoms with E-state index in [0.29, 0.717) is 0 Å². The summed E-state index contributed by atoms with van der Waals surface area (Å²) in [6.45, 7) is 6.14. The minimum absolute atomic E-state index is 0.108. The van der Waals surface area contributed by atoms with Crippen molar-refractivity contribution in [2.75, 3.05) is 0 Å². The van der Waals surface area contributed by atoms with Gasteiger partial charge in [-0.25, -0.2) is 4.98 Å². The molecule has 20 heavy (non-hydrogen) atoms. The lowest BCUT2D eigenvalue weighted by atomic mass is 10.1. The third kappa shape index (κ3) is 2.39. The van der Waals surface area contributed by atoms with Gasteiger partial charge < -0.3 is 9.72 Å². The number of fused-ring (bicyclic) bond motifs is 1. The van der Waals surface area contributed by atoms with Crippen molar-refractivity contribution in [1.29, 1.82) is 0 Å². The Labute approximate surface area is 118 Å². The summed E-state index contributed by atoms with van der Waals surface area (Å²) < 4.78 is 6.05. The first-order valence-corrected chi connectivity index (χ1v) is 6.82. The van der Waals surface area contributed by atoms with Gasteiger partial charge in [0.25, 0.3) is 0 Å². The summed E-state index contributed by atoms with van der Waals surface area (Å²) >= 11 is 0. The average molecular weight is 266 g/mol. The van der Waals surface area contributed by atoms with Crippen molar-refractivity contribution in [2.24, 2.45) is 0 Å². The second-order valence-corrected chi connectivity index (χ2v) is 5.17. The molecule has 1 aromatic heterocycles. The summed E-state index contributed by atoms with van der Waals surface area (Å²) in [5.74, 6) is 1.77. The number of para-hydroxylation sites is 2. The summed E-state index contributed by atoms with van der Waals surface area (Å²) in [5, 5.41) is 0. The lowest BCUT2D eigenvalue weighted by Gasteiger charge is -2.15. The first-order valence-electron chi connectivity index (χ1n) is 6.82. The Morgan fingerprint density at radius 3 is 2.70 bits per heavy atom. The van der Waals surface area contributed by atoms with Crippen LogP contribution < -0.4 is 4.74 Å². The highest BCUT2D eigenvalue weighted by Gasteiger charge is 2.13. The second-order valence-electron chi connectivity index (χ2n) is 5.17. The number of aryl methyl sites for hydroxylation is 2. The quantitative estimate of drug-likeness (QED) is 0.766. The Kier molecular flexibility index (Phi) is 3.18. The topological polar surface area (TPSA) is 37.9 Å². The lowest BCUT2D eigenvalue weighted by molar-refractivity contribution is 0.216. The standard InChI is InChI=1S/C17H18N2O/c1-11-8-9-12(2)16(10-11)20-13(3)17-18-14-6-4-5-7-15(14)19-17/h4-10,13H,1-3H3,(H,18,19)/t13-/m1/s1. The van der Waals surface area contributed by atoms with Crippen molar-refractivity contribution in [3.8, 4) is 5.75 Å². The van der Waals surface area contributed by atoms with Crippen LogP contribution in [-0.2, 0) is 0 Å². The molecular formula is C17H18N2O. The lowest BCUT2D eigenvalue weighted by Crippen LogP contribution is -2.06. The SMILES string of the molecule is Cc1ccc(C)c(O[C@H](C)c2nc3ccccc3[nH]2)c1. The molecule has 1 N–H and O–H groups in total. The molecule has 0 unspecified atom stereocenters. The van der Waals surface area contributed by atoms with Gasteiger partial charge in [0, 0.05) is 0 Å². The maximum atomic E-state index is 6.05. The molecule has 3 aromatic rings. The highest BCUT2D eigenvalue weighted by atomic mass is 16.5. The molecule has 102 valence electrons. The minimum atomic E-state index is -0.108. The van der Waals surface area contributed by atoms with Gasteiger partial charge in [-0.2, -0.15) is 0 Å². The highest BCUT2D eigenvalue weighted by molar-refractivity contribution is 5.74. The molecule has 0 amide bonds. The van der Waals surface area contributed by atoms with E-state index in [2.05, 4.69) is 42.0 Å². The van der Waals surface area contributed by atoms with Crippen molar-refractivity contribution in [3.63, 3.8) is 0 Å². The van der Waals surface area contributed by atoms with E-state index in [9.17, 15) is 0 Å². The van der Waals surface area contributed by atoms with Crippen LogP contribution in [0.1, 0.15) is 30.0 Å². The average Bonchev–Trinajstić information content (AvgIpc) is 2.87. The number of imidazole rings is 1. The van der Waals surface area contributed by atoms with Gasteiger partial charge in [-0.3, -0.25) is 0 Å². The molecule has 0 spiro atoms. The number of hydrogen-bond donors (Lipinski definition) is 1. The molecule has 0 saturated carbocycles. The van der Waals surface area contributed by atoms with Crippen LogP contribution in [0.2, 0.25) is 0 Å². The van der Waals surface area contributed by atoms with Crippen molar-refractivity contribution in [2.45, 2.75) is 26.9 Å². The van der Waals surface area contributed by atoms with Gasteiger partial charge in [-0.1, -0.05) is 24.3 Å². The number of nitrogens with zero attached hydrogens (tertiary/aromatic N) is 1. The van der Waals surface area contributed by atoms with E-state index in [-0.39, 0.29) is 6.10 Å². The summed E-state index contributed by atoms with van der Waals surface area (Å²) in [5.41, 5.74) is 4.35. The minimum Gasteiger partial charge on any atom is -0.483 e. The van der Waals surface area contributed by atoms with Crippen LogP contribution in [0.4, 0.5) is 0 Å². The first kappa shape index (κ1) is 12.7. The van der Waals surface area contributed by atoms with Crippen molar-refractivity contribution in [3.05, 3.63) is 59.4 Å². The zero-order valence-corrected chi connectivity index (χ0v) is 12.0. The second kappa shape index (κ2) is 5.00. The monoisotopic (exact) mass is 266 g/mol. The number of H-pyrrole nitrogens is 1. The van der Waals surface area contributed by atoms with Crippen LogP contribution in [0, 0.1) is 13.8 Å². The largest absolute Gasteiger partial charge is 0.483 e. The van der Waals surface area contributed by atoms with Crippen LogP contribution in [0.15, 0.2) is 42.5 Å².